The van der Waals surface area contributed by atoms with Crippen LogP contribution >= 0.6 is 0 Å². The zero-order valence-electron chi connectivity index (χ0n) is 24.2. The SMILES string of the molecule is CCCN(CCC)C(=O)c1cc(C(=O)N[C@@H](Cc2cc(F)cc(F)c2)C(N)COCC(C)C)cc(-c2ncco2)c1. The van der Waals surface area contributed by atoms with Gasteiger partial charge in [0.05, 0.1) is 18.8 Å². The molecule has 2 atom stereocenters. The van der Waals surface area contributed by atoms with E-state index in [1.807, 2.05) is 27.7 Å². The van der Waals surface area contributed by atoms with E-state index in [1.165, 1.54) is 30.7 Å². The summed E-state index contributed by atoms with van der Waals surface area (Å²) in [5.41, 5.74) is 7.75. The van der Waals surface area contributed by atoms with E-state index in [2.05, 4.69) is 10.3 Å². The van der Waals surface area contributed by atoms with Crippen molar-refractivity contribution in [3.63, 3.8) is 0 Å². The molecule has 0 bridgehead atoms. The first-order valence-corrected chi connectivity index (χ1v) is 14.0. The van der Waals surface area contributed by atoms with Gasteiger partial charge >= 0.3 is 0 Å². The number of halogens is 2. The number of oxazole rings is 1. The van der Waals surface area contributed by atoms with Crippen LogP contribution in [-0.4, -0.2) is 60.1 Å². The Morgan fingerprint density at radius 1 is 1.00 bits per heavy atom. The van der Waals surface area contributed by atoms with Crippen molar-refractivity contribution in [3.05, 3.63) is 77.2 Å². The molecule has 0 aliphatic carbocycles. The summed E-state index contributed by atoms with van der Waals surface area (Å²) in [4.78, 5) is 33.1. The molecule has 0 saturated carbocycles. The van der Waals surface area contributed by atoms with Crippen LogP contribution in [-0.2, 0) is 11.2 Å². The van der Waals surface area contributed by atoms with E-state index < -0.39 is 29.6 Å². The first-order valence-electron chi connectivity index (χ1n) is 14.0. The maximum Gasteiger partial charge on any atom is 0.253 e. The highest BCUT2D eigenvalue weighted by atomic mass is 19.1. The summed E-state index contributed by atoms with van der Waals surface area (Å²) >= 11 is 0. The average molecular weight is 571 g/mol. The molecule has 8 nitrogen and oxygen atoms in total. The van der Waals surface area contributed by atoms with Crippen molar-refractivity contribution in [2.45, 2.75) is 59.0 Å². The minimum Gasteiger partial charge on any atom is -0.445 e. The minimum absolute atomic E-state index is 0.0681. The predicted molar refractivity (Wildman–Crippen MR) is 153 cm³/mol. The van der Waals surface area contributed by atoms with Gasteiger partial charge in [-0.2, -0.15) is 0 Å². The largest absolute Gasteiger partial charge is 0.445 e. The third-order valence-corrected chi connectivity index (χ3v) is 6.37. The number of hydrogen-bond acceptors (Lipinski definition) is 6. The van der Waals surface area contributed by atoms with Gasteiger partial charge in [0.15, 0.2) is 0 Å². The van der Waals surface area contributed by atoms with E-state index in [9.17, 15) is 18.4 Å². The van der Waals surface area contributed by atoms with Crippen molar-refractivity contribution in [2.75, 3.05) is 26.3 Å². The zero-order valence-corrected chi connectivity index (χ0v) is 24.2. The van der Waals surface area contributed by atoms with E-state index in [4.69, 9.17) is 14.9 Å². The van der Waals surface area contributed by atoms with E-state index in [0.717, 1.165) is 18.9 Å². The number of rotatable bonds is 15. The van der Waals surface area contributed by atoms with Crippen LogP contribution in [0.3, 0.4) is 0 Å². The Morgan fingerprint density at radius 2 is 1.66 bits per heavy atom. The summed E-state index contributed by atoms with van der Waals surface area (Å²) in [6.45, 7) is 9.75. The van der Waals surface area contributed by atoms with Crippen LogP contribution in [0, 0.1) is 17.6 Å². The lowest BCUT2D eigenvalue weighted by Crippen LogP contribution is -2.51. The molecule has 3 rings (SSSR count). The first-order chi connectivity index (χ1) is 19.6. The molecular formula is C31H40F2N4O4. The number of nitrogens with one attached hydrogen (secondary N) is 1. The third kappa shape index (κ3) is 9.47. The van der Waals surface area contributed by atoms with E-state index in [-0.39, 0.29) is 36.3 Å². The molecule has 0 saturated heterocycles. The molecule has 2 aromatic carbocycles. The van der Waals surface area contributed by atoms with E-state index in [0.29, 0.717) is 36.4 Å². The van der Waals surface area contributed by atoms with Gasteiger partial charge in [-0.3, -0.25) is 9.59 Å². The summed E-state index contributed by atoms with van der Waals surface area (Å²) < 4.78 is 39.0. The Bertz CT molecular complexity index is 1260. The van der Waals surface area contributed by atoms with Gasteiger partial charge in [-0.1, -0.05) is 27.7 Å². The fourth-order valence-electron chi connectivity index (χ4n) is 4.51. The van der Waals surface area contributed by atoms with Gasteiger partial charge in [0.2, 0.25) is 5.89 Å². The number of amides is 2. The number of carbonyl (C=O) groups excluding carboxylic acids is 2. The van der Waals surface area contributed by atoms with Crippen molar-refractivity contribution < 1.29 is 27.5 Å². The lowest BCUT2D eigenvalue weighted by Gasteiger charge is -2.26. The quantitative estimate of drug-likeness (QED) is 0.259. The number of ether oxygens (including phenoxy) is 1. The summed E-state index contributed by atoms with van der Waals surface area (Å²) in [5.74, 6) is -1.62. The molecule has 0 radical (unpaired) electrons. The van der Waals surface area contributed by atoms with Crippen molar-refractivity contribution in [3.8, 4) is 11.5 Å². The number of carbonyl (C=O) groups is 2. The Kier molecular flexibility index (Phi) is 12.0. The number of hydrogen-bond donors (Lipinski definition) is 2. The average Bonchev–Trinajstić information content (AvgIpc) is 3.46. The van der Waals surface area contributed by atoms with Gasteiger partial charge in [-0.25, -0.2) is 13.8 Å². The lowest BCUT2D eigenvalue weighted by atomic mass is 9.98. The van der Waals surface area contributed by atoms with Crippen molar-refractivity contribution in [1.82, 2.24) is 15.2 Å². The molecule has 1 unspecified atom stereocenters. The highest BCUT2D eigenvalue weighted by Gasteiger charge is 2.25. The number of nitrogens with zero attached hydrogens (tertiary/aromatic N) is 2. The number of nitrogens with two attached hydrogens (primary N) is 1. The molecule has 0 aliphatic rings. The second kappa shape index (κ2) is 15.4. The summed E-state index contributed by atoms with van der Waals surface area (Å²) in [7, 11) is 0. The predicted octanol–water partition coefficient (Wildman–Crippen LogP) is 5.22. The van der Waals surface area contributed by atoms with Crippen molar-refractivity contribution in [2.24, 2.45) is 11.7 Å². The number of aromatic nitrogens is 1. The van der Waals surface area contributed by atoms with Crippen LogP contribution in [0.15, 0.2) is 53.3 Å². The monoisotopic (exact) mass is 570 g/mol. The molecule has 222 valence electrons. The van der Waals surface area contributed by atoms with Crippen LogP contribution in [0.5, 0.6) is 0 Å². The van der Waals surface area contributed by atoms with Gasteiger partial charge in [0.25, 0.3) is 11.8 Å². The molecule has 10 heteroatoms. The lowest BCUT2D eigenvalue weighted by molar-refractivity contribution is 0.0755. The van der Waals surface area contributed by atoms with Gasteiger partial charge in [0, 0.05) is 48.5 Å². The van der Waals surface area contributed by atoms with Crippen LogP contribution in [0.25, 0.3) is 11.5 Å². The molecule has 1 heterocycles. The topological polar surface area (TPSA) is 111 Å². The van der Waals surface area contributed by atoms with Gasteiger partial charge in [-0.15, -0.1) is 0 Å². The molecule has 41 heavy (non-hydrogen) atoms. The summed E-state index contributed by atoms with van der Waals surface area (Å²) in [5, 5.41) is 2.91. The Morgan fingerprint density at radius 3 is 2.24 bits per heavy atom. The Balaban J connectivity index is 1.94. The van der Waals surface area contributed by atoms with Crippen LogP contribution in [0.4, 0.5) is 8.78 Å². The fourth-order valence-corrected chi connectivity index (χ4v) is 4.51. The highest BCUT2D eigenvalue weighted by Crippen LogP contribution is 2.23. The van der Waals surface area contributed by atoms with Crippen molar-refractivity contribution in [1.29, 1.82) is 0 Å². The molecular weight excluding hydrogens is 530 g/mol. The second-order valence-electron chi connectivity index (χ2n) is 10.6. The number of benzene rings is 2. The molecule has 0 spiro atoms. The molecule has 1 aromatic heterocycles. The zero-order chi connectivity index (χ0) is 29.9. The fraction of sp³-hybridized carbons (Fsp3) is 0.452. The highest BCUT2D eigenvalue weighted by molar-refractivity contribution is 6.01. The minimum atomic E-state index is -0.725. The molecule has 3 aromatic rings. The van der Waals surface area contributed by atoms with Gasteiger partial charge in [-0.05, 0) is 61.1 Å². The third-order valence-electron chi connectivity index (χ3n) is 6.37. The van der Waals surface area contributed by atoms with Gasteiger partial charge < -0.3 is 25.1 Å². The van der Waals surface area contributed by atoms with Crippen LogP contribution < -0.4 is 11.1 Å². The van der Waals surface area contributed by atoms with Crippen LogP contribution in [0.1, 0.15) is 66.8 Å². The Labute approximate surface area is 240 Å². The maximum atomic E-state index is 13.9. The molecule has 3 N–H and O–H groups in total. The van der Waals surface area contributed by atoms with Gasteiger partial charge in [0.1, 0.15) is 17.9 Å². The van der Waals surface area contributed by atoms with E-state index >= 15 is 0 Å². The van der Waals surface area contributed by atoms with Crippen LogP contribution in [0.2, 0.25) is 0 Å². The summed E-state index contributed by atoms with van der Waals surface area (Å²) in [6.07, 6.45) is 4.54. The smallest absolute Gasteiger partial charge is 0.253 e. The maximum absolute atomic E-state index is 13.9. The Hall–Kier alpha value is -3.63. The molecule has 2 amide bonds. The second-order valence-corrected chi connectivity index (χ2v) is 10.6. The van der Waals surface area contributed by atoms with Crippen molar-refractivity contribution >= 4 is 11.8 Å². The normalized spacial score (nSPS) is 12.8. The summed E-state index contributed by atoms with van der Waals surface area (Å²) in [6, 6.07) is 6.57. The standard InChI is InChI=1S/C31H40F2N4O4/c1-5-8-37(9-6-2)31(39)24-15-22(14-23(16-24)30-35-7-10-41-30)29(38)36-28(27(34)19-40-18-20(3)4)13-21-11-25(32)17-26(33)12-21/h7,10-12,14-17,20,27-28H,5-6,8-9,13,18-19,34H2,1-4H3,(H,36,38)/t27?,28-/m0/s1. The molecule has 0 fully saturated rings. The molecule has 0 aliphatic heterocycles. The van der Waals surface area contributed by atoms with E-state index in [1.54, 1.807) is 17.0 Å². The first kappa shape index (κ1) is 31.9.